The van der Waals surface area contributed by atoms with Gasteiger partial charge >= 0.3 is 5.97 Å². The van der Waals surface area contributed by atoms with Crippen LogP contribution in [0.2, 0.25) is 0 Å². The van der Waals surface area contributed by atoms with Crippen LogP contribution in [-0.4, -0.2) is 32.1 Å². The lowest BCUT2D eigenvalue weighted by molar-refractivity contribution is -0.151. The van der Waals surface area contributed by atoms with Crippen molar-refractivity contribution in [2.24, 2.45) is 5.73 Å². The minimum Gasteiger partial charge on any atom is -0.371 e. The Morgan fingerprint density at radius 1 is 1.36 bits per heavy atom. The van der Waals surface area contributed by atoms with Crippen LogP contribution in [0.15, 0.2) is 0 Å². The Hall–Kier alpha value is -0.650. The summed E-state index contributed by atoms with van der Waals surface area (Å²) < 4.78 is 0. The van der Waals surface area contributed by atoms with Crippen LogP contribution in [0.25, 0.3) is 0 Å². The molecule has 84 valence electrons. The van der Waals surface area contributed by atoms with Gasteiger partial charge in [-0.1, -0.05) is 13.3 Å². The first-order chi connectivity index (χ1) is 6.81. The van der Waals surface area contributed by atoms with Crippen LogP contribution in [0.5, 0.6) is 0 Å². The van der Waals surface area contributed by atoms with E-state index in [1.165, 1.54) is 0 Å². The van der Waals surface area contributed by atoms with E-state index >= 15 is 0 Å². The monoisotopic (exact) mass is 203 g/mol. The predicted octanol–water partition coefficient (Wildman–Crippen LogP) is -0.227. The highest BCUT2D eigenvalue weighted by atomic mass is 16.7. The highest BCUT2D eigenvalue weighted by molar-refractivity contribution is 5.68. The zero-order valence-electron chi connectivity index (χ0n) is 8.84. The van der Waals surface area contributed by atoms with Crippen LogP contribution in [0.1, 0.15) is 26.2 Å². The molecule has 0 bridgehead atoms. The molecule has 0 spiro atoms. The maximum atomic E-state index is 11.0. The summed E-state index contributed by atoms with van der Waals surface area (Å²) in [5, 5.41) is 3.07. The average molecular weight is 203 g/mol. The lowest BCUT2D eigenvalue weighted by Gasteiger charge is -2.05. The fourth-order valence-corrected chi connectivity index (χ4v) is 0.870. The standard InChI is InChI=1S/C9H21N3O2/c1-2-3-4-9(13)14-12-8-7-11-6-5-10/h11-12H,2-8,10H2,1H3. The minimum atomic E-state index is -0.189. The molecule has 14 heavy (non-hydrogen) atoms. The predicted molar refractivity (Wildman–Crippen MR) is 55.5 cm³/mol. The van der Waals surface area contributed by atoms with Gasteiger partial charge in [0.25, 0.3) is 0 Å². The van der Waals surface area contributed by atoms with Gasteiger partial charge in [0.2, 0.25) is 0 Å². The zero-order chi connectivity index (χ0) is 10.6. The van der Waals surface area contributed by atoms with E-state index in [0.29, 0.717) is 19.5 Å². The van der Waals surface area contributed by atoms with Crippen molar-refractivity contribution >= 4 is 5.97 Å². The van der Waals surface area contributed by atoms with Gasteiger partial charge in [-0.15, -0.1) is 0 Å². The van der Waals surface area contributed by atoms with Crippen molar-refractivity contribution in [1.82, 2.24) is 10.8 Å². The van der Waals surface area contributed by atoms with E-state index < -0.39 is 0 Å². The van der Waals surface area contributed by atoms with E-state index in [1.54, 1.807) is 0 Å². The van der Waals surface area contributed by atoms with Crippen molar-refractivity contribution in [3.8, 4) is 0 Å². The van der Waals surface area contributed by atoms with E-state index in [-0.39, 0.29) is 5.97 Å². The van der Waals surface area contributed by atoms with Crippen LogP contribution in [0, 0.1) is 0 Å². The van der Waals surface area contributed by atoms with Gasteiger partial charge in [0, 0.05) is 32.6 Å². The second-order valence-corrected chi connectivity index (χ2v) is 3.01. The van der Waals surface area contributed by atoms with Crippen molar-refractivity contribution in [1.29, 1.82) is 0 Å². The van der Waals surface area contributed by atoms with Gasteiger partial charge in [-0.25, -0.2) is 0 Å². The number of hydroxylamine groups is 1. The molecule has 5 nitrogen and oxygen atoms in total. The fourth-order valence-electron chi connectivity index (χ4n) is 0.870. The summed E-state index contributed by atoms with van der Waals surface area (Å²) in [6, 6.07) is 0. The number of nitrogens with two attached hydrogens (primary N) is 1. The fraction of sp³-hybridized carbons (Fsp3) is 0.889. The Balaban J connectivity index is 3.07. The number of hydrogen-bond acceptors (Lipinski definition) is 5. The first-order valence-electron chi connectivity index (χ1n) is 5.14. The molecule has 0 rings (SSSR count). The minimum absolute atomic E-state index is 0.189. The third kappa shape index (κ3) is 9.44. The Bertz CT molecular complexity index is 142. The largest absolute Gasteiger partial charge is 0.371 e. The molecule has 0 aromatic carbocycles. The van der Waals surface area contributed by atoms with Crippen molar-refractivity contribution < 1.29 is 9.63 Å². The molecule has 0 atom stereocenters. The zero-order valence-corrected chi connectivity index (χ0v) is 8.84. The second kappa shape index (κ2) is 10.4. The molecule has 0 radical (unpaired) electrons. The molecule has 5 heteroatoms. The Labute approximate surface area is 85.3 Å². The Morgan fingerprint density at radius 3 is 2.79 bits per heavy atom. The summed E-state index contributed by atoms with van der Waals surface area (Å²) in [7, 11) is 0. The first-order valence-corrected chi connectivity index (χ1v) is 5.14. The number of hydrogen-bond donors (Lipinski definition) is 3. The molecule has 0 aromatic rings. The number of unbranched alkanes of at least 4 members (excludes halogenated alkanes) is 1. The number of rotatable bonds is 9. The van der Waals surface area contributed by atoms with E-state index in [1.807, 2.05) is 6.92 Å². The van der Waals surface area contributed by atoms with Gasteiger partial charge in [0.15, 0.2) is 0 Å². The molecular formula is C9H21N3O2. The third-order valence-corrected chi connectivity index (χ3v) is 1.65. The highest BCUT2D eigenvalue weighted by Gasteiger charge is 2.00. The van der Waals surface area contributed by atoms with Crippen LogP contribution in [-0.2, 0) is 9.63 Å². The number of nitrogens with one attached hydrogen (secondary N) is 2. The molecule has 0 saturated carbocycles. The molecule has 0 aromatic heterocycles. The SMILES string of the molecule is CCCCC(=O)ONCCNCCN. The summed E-state index contributed by atoms with van der Waals surface area (Å²) in [5.41, 5.74) is 7.88. The summed E-state index contributed by atoms with van der Waals surface area (Å²) in [6.45, 7) is 4.80. The average Bonchev–Trinajstić information content (AvgIpc) is 2.20. The normalized spacial score (nSPS) is 10.1. The van der Waals surface area contributed by atoms with E-state index in [4.69, 9.17) is 10.6 Å². The van der Waals surface area contributed by atoms with Crippen molar-refractivity contribution in [3.05, 3.63) is 0 Å². The van der Waals surface area contributed by atoms with Gasteiger partial charge in [0.1, 0.15) is 0 Å². The van der Waals surface area contributed by atoms with Crippen LogP contribution >= 0.6 is 0 Å². The molecular weight excluding hydrogens is 182 g/mol. The second-order valence-electron chi connectivity index (χ2n) is 3.01. The van der Waals surface area contributed by atoms with Crippen molar-refractivity contribution in [3.63, 3.8) is 0 Å². The molecule has 0 aliphatic rings. The summed E-state index contributed by atoms with van der Waals surface area (Å²) in [6.07, 6.45) is 2.37. The third-order valence-electron chi connectivity index (χ3n) is 1.65. The highest BCUT2D eigenvalue weighted by Crippen LogP contribution is 1.94. The van der Waals surface area contributed by atoms with Gasteiger partial charge in [-0.05, 0) is 6.42 Å². The van der Waals surface area contributed by atoms with Gasteiger partial charge in [-0.2, -0.15) is 5.48 Å². The van der Waals surface area contributed by atoms with Gasteiger partial charge in [0.05, 0.1) is 0 Å². The van der Waals surface area contributed by atoms with Crippen LogP contribution in [0.4, 0.5) is 0 Å². The van der Waals surface area contributed by atoms with Crippen molar-refractivity contribution in [2.75, 3.05) is 26.2 Å². The molecule has 0 saturated heterocycles. The molecule has 0 aliphatic carbocycles. The lowest BCUT2D eigenvalue weighted by atomic mass is 10.3. The van der Waals surface area contributed by atoms with Gasteiger partial charge < -0.3 is 15.9 Å². The topological polar surface area (TPSA) is 76.4 Å². The summed E-state index contributed by atoms with van der Waals surface area (Å²) in [5.74, 6) is -0.189. The summed E-state index contributed by atoms with van der Waals surface area (Å²) >= 11 is 0. The molecule has 0 heterocycles. The first kappa shape index (κ1) is 13.4. The Morgan fingerprint density at radius 2 is 2.14 bits per heavy atom. The maximum Gasteiger partial charge on any atom is 0.324 e. The van der Waals surface area contributed by atoms with Gasteiger partial charge in [-0.3, -0.25) is 4.79 Å². The summed E-state index contributed by atoms with van der Waals surface area (Å²) in [4.78, 5) is 15.7. The quantitative estimate of drug-likeness (QED) is 0.356. The molecule has 0 aliphatic heterocycles. The molecule has 4 N–H and O–H groups in total. The number of carbonyl (C=O) groups is 1. The van der Waals surface area contributed by atoms with Crippen LogP contribution < -0.4 is 16.5 Å². The molecule has 0 fully saturated rings. The van der Waals surface area contributed by atoms with Crippen molar-refractivity contribution in [2.45, 2.75) is 26.2 Å². The van der Waals surface area contributed by atoms with E-state index in [9.17, 15) is 4.79 Å². The molecule has 0 unspecified atom stereocenters. The number of carbonyl (C=O) groups excluding carboxylic acids is 1. The molecule has 0 amide bonds. The van der Waals surface area contributed by atoms with E-state index in [0.717, 1.165) is 25.9 Å². The van der Waals surface area contributed by atoms with E-state index in [2.05, 4.69) is 10.8 Å². The maximum absolute atomic E-state index is 11.0. The smallest absolute Gasteiger partial charge is 0.324 e. The Kier molecular flexibility index (Phi) is 9.95. The lowest BCUT2D eigenvalue weighted by Crippen LogP contribution is -2.31. The van der Waals surface area contributed by atoms with Crippen LogP contribution in [0.3, 0.4) is 0 Å².